The molecule has 2 heterocycles. The molecular weight excluding hydrogens is 422 g/mol. The van der Waals surface area contributed by atoms with Crippen molar-refractivity contribution in [2.75, 3.05) is 19.1 Å². The highest BCUT2D eigenvalue weighted by molar-refractivity contribution is 6.51. The number of Topliss-reactive ketones (excluding diaryl/α,β-unsaturated/α-hetero) is 1. The molecule has 1 atom stereocenters. The van der Waals surface area contributed by atoms with Gasteiger partial charge in [0.15, 0.2) is 0 Å². The highest BCUT2D eigenvalue weighted by atomic mass is 16.5. The number of ketones is 1. The lowest BCUT2D eigenvalue weighted by molar-refractivity contribution is -0.132. The molecule has 0 bridgehead atoms. The molecular formula is C26H25NO6. The molecule has 0 saturated carbocycles. The number of nitrogens with zero attached hydrogens (tertiary/aromatic N) is 1. The van der Waals surface area contributed by atoms with Gasteiger partial charge in [-0.25, -0.2) is 0 Å². The van der Waals surface area contributed by atoms with Crippen LogP contribution < -0.4 is 14.4 Å². The minimum Gasteiger partial charge on any atom is -0.507 e. The fourth-order valence-electron chi connectivity index (χ4n) is 4.07. The maximum atomic E-state index is 13.3. The fraction of sp³-hybridized carbons (Fsp3) is 0.231. The van der Waals surface area contributed by atoms with E-state index < -0.39 is 17.7 Å². The Morgan fingerprint density at radius 1 is 0.970 bits per heavy atom. The number of carbonyl (C=O) groups is 2. The SMILES string of the molecule is COc1ccc(OC)c(/C(O)=C2\C(=O)C(=O)N(c3cc(C)ccc3C)C2c2ccc(C)o2)c1. The lowest BCUT2D eigenvalue weighted by Gasteiger charge is -2.25. The number of hydrogen-bond acceptors (Lipinski definition) is 6. The van der Waals surface area contributed by atoms with Gasteiger partial charge in [0.05, 0.1) is 25.4 Å². The van der Waals surface area contributed by atoms with Gasteiger partial charge in [0.25, 0.3) is 11.7 Å². The molecule has 1 unspecified atom stereocenters. The highest BCUT2D eigenvalue weighted by Crippen LogP contribution is 2.45. The number of anilines is 1. The van der Waals surface area contributed by atoms with Crippen LogP contribution in [0.4, 0.5) is 5.69 Å². The molecule has 1 amide bonds. The van der Waals surface area contributed by atoms with Crippen LogP contribution in [0.25, 0.3) is 5.76 Å². The second-order valence-corrected chi connectivity index (χ2v) is 7.97. The Bertz CT molecular complexity index is 1290. The Morgan fingerprint density at radius 2 is 1.73 bits per heavy atom. The molecule has 1 N–H and O–H groups in total. The number of furan rings is 1. The van der Waals surface area contributed by atoms with Crippen molar-refractivity contribution in [3.05, 3.63) is 82.3 Å². The van der Waals surface area contributed by atoms with E-state index in [4.69, 9.17) is 13.9 Å². The van der Waals surface area contributed by atoms with Crippen LogP contribution in [0.3, 0.4) is 0 Å². The molecule has 3 aromatic rings. The second-order valence-electron chi connectivity index (χ2n) is 7.97. The number of aliphatic hydroxyl groups excluding tert-OH is 1. The molecule has 1 fully saturated rings. The number of aliphatic hydroxyl groups is 1. The Balaban J connectivity index is 2.00. The van der Waals surface area contributed by atoms with Crippen molar-refractivity contribution in [1.29, 1.82) is 0 Å². The molecule has 0 aliphatic carbocycles. The zero-order valence-electron chi connectivity index (χ0n) is 19.1. The average Bonchev–Trinajstić information content (AvgIpc) is 3.35. The van der Waals surface area contributed by atoms with E-state index in [-0.39, 0.29) is 16.9 Å². The summed E-state index contributed by atoms with van der Waals surface area (Å²) in [7, 11) is 2.96. The molecule has 33 heavy (non-hydrogen) atoms. The van der Waals surface area contributed by atoms with Crippen LogP contribution in [0.1, 0.15) is 34.3 Å². The minimum absolute atomic E-state index is 0.0817. The number of methoxy groups -OCH3 is 2. The molecule has 7 heteroatoms. The van der Waals surface area contributed by atoms with Gasteiger partial charge in [-0.15, -0.1) is 0 Å². The first-order valence-corrected chi connectivity index (χ1v) is 10.4. The molecule has 1 aliphatic heterocycles. The summed E-state index contributed by atoms with van der Waals surface area (Å²) in [6.45, 7) is 5.55. The molecule has 1 aliphatic rings. The van der Waals surface area contributed by atoms with Crippen LogP contribution in [0, 0.1) is 20.8 Å². The summed E-state index contributed by atoms with van der Waals surface area (Å²) >= 11 is 0. The second kappa shape index (κ2) is 8.50. The van der Waals surface area contributed by atoms with Crippen molar-refractivity contribution in [3.63, 3.8) is 0 Å². The first-order chi connectivity index (χ1) is 15.8. The van der Waals surface area contributed by atoms with Crippen LogP contribution in [-0.2, 0) is 9.59 Å². The van der Waals surface area contributed by atoms with E-state index in [2.05, 4.69) is 0 Å². The number of rotatable bonds is 5. The third-order valence-electron chi connectivity index (χ3n) is 5.76. The molecule has 1 saturated heterocycles. The molecule has 0 radical (unpaired) electrons. The zero-order valence-corrected chi connectivity index (χ0v) is 19.1. The summed E-state index contributed by atoms with van der Waals surface area (Å²) in [5.74, 6) is -0.127. The lowest BCUT2D eigenvalue weighted by Crippen LogP contribution is -2.30. The number of amides is 1. The van der Waals surface area contributed by atoms with Crippen LogP contribution in [0.15, 0.2) is 58.5 Å². The summed E-state index contributed by atoms with van der Waals surface area (Å²) < 4.78 is 16.5. The van der Waals surface area contributed by atoms with Gasteiger partial charge in [0, 0.05) is 5.69 Å². The van der Waals surface area contributed by atoms with Crippen molar-refractivity contribution in [1.82, 2.24) is 0 Å². The van der Waals surface area contributed by atoms with Crippen LogP contribution in [0.5, 0.6) is 11.5 Å². The molecule has 170 valence electrons. The predicted molar refractivity (Wildman–Crippen MR) is 124 cm³/mol. The van der Waals surface area contributed by atoms with Crippen LogP contribution >= 0.6 is 0 Å². The van der Waals surface area contributed by atoms with E-state index in [0.717, 1.165) is 11.1 Å². The van der Waals surface area contributed by atoms with E-state index in [1.165, 1.54) is 19.1 Å². The standard InChI is InChI=1S/C26H25NO6/c1-14-6-7-15(2)19(12-14)27-23(21-10-8-16(3)33-21)22(25(29)26(27)30)24(28)18-13-17(31-4)9-11-20(18)32-5/h6-13,23,28H,1-5H3/b24-22+. The van der Waals surface area contributed by atoms with Crippen molar-refractivity contribution in [3.8, 4) is 11.5 Å². The van der Waals surface area contributed by atoms with Crippen LogP contribution in [-0.4, -0.2) is 31.0 Å². The topological polar surface area (TPSA) is 89.2 Å². The van der Waals surface area contributed by atoms with Gasteiger partial charge in [0.2, 0.25) is 0 Å². The fourth-order valence-corrected chi connectivity index (χ4v) is 4.07. The Morgan fingerprint density at radius 3 is 2.36 bits per heavy atom. The Kier molecular flexibility index (Phi) is 5.72. The summed E-state index contributed by atoms with van der Waals surface area (Å²) in [5.41, 5.74) is 2.48. The molecule has 2 aromatic carbocycles. The Hall–Kier alpha value is -4.00. The number of ether oxygens (including phenoxy) is 2. The Labute approximate surface area is 191 Å². The highest BCUT2D eigenvalue weighted by Gasteiger charge is 2.49. The number of hydrogen-bond donors (Lipinski definition) is 1. The number of carbonyl (C=O) groups excluding carboxylic acids is 2. The normalized spacial score (nSPS) is 17.5. The quantitative estimate of drug-likeness (QED) is 0.342. The van der Waals surface area contributed by atoms with E-state index in [1.54, 1.807) is 37.3 Å². The van der Waals surface area contributed by atoms with Crippen molar-refractivity contribution in [2.24, 2.45) is 0 Å². The summed E-state index contributed by atoms with van der Waals surface area (Å²) in [5, 5.41) is 11.4. The van der Waals surface area contributed by atoms with Crippen molar-refractivity contribution >= 4 is 23.1 Å². The smallest absolute Gasteiger partial charge is 0.300 e. The average molecular weight is 447 g/mol. The van der Waals surface area contributed by atoms with Crippen LogP contribution in [0.2, 0.25) is 0 Å². The van der Waals surface area contributed by atoms with Gasteiger partial charge in [-0.1, -0.05) is 12.1 Å². The van der Waals surface area contributed by atoms with E-state index in [9.17, 15) is 14.7 Å². The van der Waals surface area contributed by atoms with Gasteiger partial charge < -0.3 is 19.0 Å². The third kappa shape index (κ3) is 3.75. The first-order valence-electron chi connectivity index (χ1n) is 10.4. The maximum absolute atomic E-state index is 13.3. The van der Waals surface area contributed by atoms with Gasteiger partial charge in [-0.2, -0.15) is 0 Å². The molecule has 7 nitrogen and oxygen atoms in total. The first kappa shape index (κ1) is 22.2. The van der Waals surface area contributed by atoms with Gasteiger partial charge in [-0.05, 0) is 68.3 Å². The molecule has 0 spiro atoms. The lowest BCUT2D eigenvalue weighted by atomic mass is 9.98. The summed E-state index contributed by atoms with van der Waals surface area (Å²) in [6, 6.07) is 13.0. The van der Waals surface area contributed by atoms with Gasteiger partial charge in [-0.3, -0.25) is 14.5 Å². The minimum atomic E-state index is -0.949. The summed E-state index contributed by atoms with van der Waals surface area (Å²) in [4.78, 5) is 28.0. The van der Waals surface area contributed by atoms with E-state index >= 15 is 0 Å². The van der Waals surface area contributed by atoms with E-state index in [0.29, 0.717) is 28.7 Å². The largest absolute Gasteiger partial charge is 0.507 e. The molecule has 4 rings (SSSR count). The maximum Gasteiger partial charge on any atom is 0.300 e. The van der Waals surface area contributed by atoms with Crippen molar-refractivity contribution < 1.29 is 28.6 Å². The number of aryl methyl sites for hydroxylation is 3. The zero-order chi connectivity index (χ0) is 23.9. The van der Waals surface area contributed by atoms with Gasteiger partial charge >= 0.3 is 0 Å². The number of benzene rings is 2. The third-order valence-corrected chi connectivity index (χ3v) is 5.76. The van der Waals surface area contributed by atoms with Gasteiger partial charge in [0.1, 0.15) is 34.8 Å². The predicted octanol–water partition coefficient (Wildman–Crippen LogP) is 4.85. The molecule has 1 aromatic heterocycles. The summed E-state index contributed by atoms with van der Waals surface area (Å²) in [6.07, 6.45) is 0. The van der Waals surface area contributed by atoms with E-state index in [1.807, 2.05) is 32.0 Å². The van der Waals surface area contributed by atoms with Crippen molar-refractivity contribution in [2.45, 2.75) is 26.8 Å². The monoisotopic (exact) mass is 447 g/mol.